The highest BCUT2D eigenvalue weighted by atomic mass is 79.9. The summed E-state index contributed by atoms with van der Waals surface area (Å²) >= 11 is 5.37. The molecule has 2 bridgehead atoms. The fraction of sp³-hybridized carbons (Fsp3) is 0.567. The molecule has 0 aromatic heterocycles. The zero-order valence-corrected chi connectivity index (χ0v) is 25.1. The summed E-state index contributed by atoms with van der Waals surface area (Å²) in [5.41, 5.74) is 0.963. The number of aliphatic hydroxyl groups is 1. The van der Waals surface area contributed by atoms with Gasteiger partial charge >= 0.3 is 5.97 Å². The van der Waals surface area contributed by atoms with Gasteiger partial charge in [0.15, 0.2) is 0 Å². The number of benzene rings is 1. The summed E-state index contributed by atoms with van der Waals surface area (Å²) < 4.78 is 4.87. The van der Waals surface area contributed by atoms with Crippen molar-refractivity contribution in [3.05, 3.63) is 61.2 Å². The standard InChI is InChI=1S/C30H39BrN2O5S/c1-5-7-11-15-38-29(37)23-24-27(35)33(21(18-34)16-20-12-9-8-10-13-20)26(28(36)32(14-6-2)19(3)4)30(24)17-22(31)25(23)39-30/h5-6,8-10,12-13,19,21-26,34H,1-2,7,11,14-18H2,3-4H3/t21-,22?,23+,24+,25+,26?,30?/m1/s1. The van der Waals surface area contributed by atoms with Crippen molar-refractivity contribution < 1.29 is 24.2 Å². The molecule has 39 heavy (non-hydrogen) atoms. The number of hydrogen-bond acceptors (Lipinski definition) is 6. The highest BCUT2D eigenvalue weighted by Crippen LogP contribution is 2.68. The van der Waals surface area contributed by atoms with E-state index in [-0.39, 0.29) is 47.1 Å². The molecule has 9 heteroatoms. The molecule has 1 spiro atoms. The molecule has 7 atom stereocenters. The molecule has 2 amide bonds. The fourth-order valence-corrected chi connectivity index (χ4v) is 10.1. The lowest BCUT2D eigenvalue weighted by Crippen LogP contribution is -2.59. The number of nitrogens with zero attached hydrogens (tertiary/aromatic N) is 2. The molecule has 0 saturated carbocycles. The number of hydrogen-bond donors (Lipinski definition) is 1. The highest BCUT2D eigenvalue weighted by molar-refractivity contribution is 9.09. The molecule has 3 aliphatic heterocycles. The predicted octanol–water partition coefficient (Wildman–Crippen LogP) is 3.99. The van der Waals surface area contributed by atoms with Crippen LogP contribution < -0.4 is 0 Å². The van der Waals surface area contributed by atoms with Crippen molar-refractivity contribution in [2.24, 2.45) is 11.8 Å². The van der Waals surface area contributed by atoms with E-state index in [0.717, 1.165) is 12.0 Å². The van der Waals surface area contributed by atoms with Gasteiger partial charge in [-0.1, -0.05) is 58.4 Å². The van der Waals surface area contributed by atoms with Crippen LogP contribution >= 0.6 is 27.7 Å². The van der Waals surface area contributed by atoms with Crippen LogP contribution in [0.3, 0.4) is 0 Å². The average Bonchev–Trinajstić information content (AvgIpc) is 3.51. The molecule has 7 nitrogen and oxygen atoms in total. The molecule has 212 valence electrons. The number of alkyl halides is 1. The summed E-state index contributed by atoms with van der Waals surface area (Å²) in [6, 6.07) is 8.13. The molecule has 1 aromatic rings. The first-order valence-corrected chi connectivity index (χ1v) is 15.5. The second-order valence-electron chi connectivity index (χ2n) is 10.9. The summed E-state index contributed by atoms with van der Waals surface area (Å²) in [6.45, 7) is 11.8. The zero-order valence-electron chi connectivity index (χ0n) is 22.7. The quantitative estimate of drug-likeness (QED) is 0.156. The molecule has 3 unspecified atom stereocenters. The topological polar surface area (TPSA) is 87.1 Å². The molecule has 3 saturated heterocycles. The van der Waals surface area contributed by atoms with Gasteiger partial charge < -0.3 is 19.6 Å². The average molecular weight is 620 g/mol. The molecule has 1 aromatic carbocycles. The zero-order chi connectivity index (χ0) is 28.3. The summed E-state index contributed by atoms with van der Waals surface area (Å²) in [6.07, 6.45) is 5.86. The molecule has 3 heterocycles. The number of esters is 1. The smallest absolute Gasteiger partial charge is 0.310 e. The maximum Gasteiger partial charge on any atom is 0.310 e. The summed E-state index contributed by atoms with van der Waals surface area (Å²) in [7, 11) is 0. The first-order chi connectivity index (χ1) is 18.7. The number of aliphatic hydroxyl groups excluding tert-OH is 1. The Bertz CT molecular complexity index is 1080. The van der Waals surface area contributed by atoms with Crippen molar-refractivity contribution in [1.82, 2.24) is 9.80 Å². The van der Waals surface area contributed by atoms with Gasteiger partial charge in [0.25, 0.3) is 0 Å². The fourth-order valence-electron chi connectivity index (χ4n) is 6.49. The van der Waals surface area contributed by atoms with Crippen LogP contribution in [0.2, 0.25) is 0 Å². The lowest BCUT2D eigenvalue weighted by atomic mass is 9.71. The lowest BCUT2D eigenvalue weighted by molar-refractivity contribution is -0.154. The minimum atomic E-state index is -0.813. The van der Waals surface area contributed by atoms with Crippen LogP contribution in [0.25, 0.3) is 0 Å². The van der Waals surface area contributed by atoms with Crippen molar-refractivity contribution in [3.8, 4) is 0 Å². The largest absolute Gasteiger partial charge is 0.465 e. The first kappa shape index (κ1) is 29.9. The Morgan fingerprint density at radius 1 is 1.28 bits per heavy atom. The summed E-state index contributed by atoms with van der Waals surface area (Å²) in [5, 5.41) is 10.4. The third-order valence-corrected chi connectivity index (χ3v) is 11.4. The molecular formula is C30H39BrN2O5S. The van der Waals surface area contributed by atoms with E-state index in [1.54, 1.807) is 33.7 Å². The van der Waals surface area contributed by atoms with Gasteiger partial charge in [0.2, 0.25) is 11.8 Å². The summed E-state index contributed by atoms with van der Waals surface area (Å²) in [5.74, 6) is -2.14. The Labute approximate surface area is 244 Å². The monoisotopic (exact) mass is 618 g/mol. The third kappa shape index (κ3) is 5.46. The molecule has 1 N–H and O–H groups in total. The van der Waals surface area contributed by atoms with Gasteiger partial charge in [-0.25, -0.2) is 0 Å². The first-order valence-electron chi connectivity index (χ1n) is 13.7. The number of amides is 2. The number of carbonyl (C=O) groups is 3. The number of halogens is 1. The van der Waals surface area contributed by atoms with Gasteiger partial charge in [0.1, 0.15) is 6.04 Å². The number of carbonyl (C=O) groups excluding carboxylic acids is 3. The van der Waals surface area contributed by atoms with Crippen LogP contribution in [0.15, 0.2) is 55.6 Å². The number of unbranched alkanes of at least 4 members (excludes halogenated alkanes) is 1. The van der Waals surface area contributed by atoms with E-state index >= 15 is 0 Å². The molecule has 0 radical (unpaired) electrons. The van der Waals surface area contributed by atoms with Crippen molar-refractivity contribution >= 4 is 45.5 Å². The minimum absolute atomic E-state index is 0.0406. The van der Waals surface area contributed by atoms with E-state index in [1.807, 2.05) is 44.2 Å². The van der Waals surface area contributed by atoms with Crippen LogP contribution in [0, 0.1) is 11.8 Å². The molecule has 3 fully saturated rings. The van der Waals surface area contributed by atoms with Crippen LogP contribution in [-0.4, -0.2) is 85.4 Å². The number of allylic oxidation sites excluding steroid dienone is 1. The van der Waals surface area contributed by atoms with Crippen molar-refractivity contribution in [1.29, 1.82) is 0 Å². The van der Waals surface area contributed by atoms with Gasteiger partial charge in [-0.2, -0.15) is 0 Å². The number of rotatable bonds is 13. The Morgan fingerprint density at radius 3 is 2.62 bits per heavy atom. The summed E-state index contributed by atoms with van der Waals surface area (Å²) in [4.78, 5) is 45.6. The van der Waals surface area contributed by atoms with Gasteiger partial charge in [-0.15, -0.1) is 24.9 Å². The van der Waals surface area contributed by atoms with Crippen LogP contribution in [0.5, 0.6) is 0 Å². The number of ether oxygens (including phenoxy) is 1. The van der Waals surface area contributed by atoms with Crippen LogP contribution in [0.1, 0.15) is 38.7 Å². The molecular weight excluding hydrogens is 580 g/mol. The number of thioether (sulfide) groups is 1. The lowest BCUT2D eigenvalue weighted by Gasteiger charge is -2.41. The minimum Gasteiger partial charge on any atom is -0.465 e. The van der Waals surface area contributed by atoms with Crippen LogP contribution in [0.4, 0.5) is 0 Å². The normalized spacial score (nSPS) is 29.8. The van der Waals surface area contributed by atoms with E-state index in [4.69, 9.17) is 4.74 Å². The molecule has 3 aliphatic rings. The van der Waals surface area contributed by atoms with E-state index in [9.17, 15) is 19.5 Å². The van der Waals surface area contributed by atoms with Gasteiger partial charge in [0.05, 0.1) is 35.8 Å². The Hall–Kier alpha value is -2.10. The van der Waals surface area contributed by atoms with E-state index in [2.05, 4.69) is 29.1 Å². The van der Waals surface area contributed by atoms with E-state index < -0.39 is 28.7 Å². The van der Waals surface area contributed by atoms with Crippen molar-refractivity contribution in [2.75, 3.05) is 19.8 Å². The molecule has 4 rings (SSSR count). The number of likely N-dealkylation sites (tertiary alicyclic amines) is 1. The van der Waals surface area contributed by atoms with Gasteiger partial charge in [-0.05, 0) is 45.1 Å². The predicted molar refractivity (Wildman–Crippen MR) is 158 cm³/mol. The van der Waals surface area contributed by atoms with Crippen LogP contribution in [-0.2, 0) is 25.5 Å². The Morgan fingerprint density at radius 2 is 2.00 bits per heavy atom. The Kier molecular flexibility index (Phi) is 9.65. The molecule has 0 aliphatic carbocycles. The maximum absolute atomic E-state index is 14.4. The van der Waals surface area contributed by atoms with E-state index in [0.29, 0.717) is 25.8 Å². The van der Waals surface area contributed by atoms with E-state index in [1.165, 1.54) is 0 Å². The second kappa shape index (κ2) is 12.6. The Balaban J connectivity index is 1.76. The van der Waals surface area contributed by atoms with Gasteiger partial charge in [0, 0.05) is 22.7 Å². The second-order valence-corrected chi connectivity index (χ2v) is 13.6. The van der Waals surface area contributed by atoms with Crippen molar-refractivity contribution in [3.63, 3.8) is 0 Å². The SMILES string of the molecule is C=CCCCOC(=O)[C@H]1[C@H]2C(=O)N([C@@H](CO)Cc3ccccc3)C(C(=O)N(CC=C)C(C)C)C23CC(Br)[C@@H]1S3. The third-order valence-electron chi connectivity index (χ3n) is 8.18. The number of fused-ring (bicyclic) bond motifs is 1. The van der Waals surface area contributed by atoms with Crippen molar-refractivity contribution in [2.45, 2.75) is 72.5 Å². The highest BCUT2D eigenvalue weighted by Gasteiger charge is 2.76. The van der Waals surface area contributed by atoms with Gasteiger partial charge in [-0.3, -0.25) is 14.4 Å². The maximum atomic E-state index is 14.4.